The first kappa shape index (κ1) is 18.5. The van der Waals surface area contributed by atoms with Gasteiger partial charge in [0.1, 0.15) is 0 Å². The number of hydrogen-bond donors (Lipinski definition) is 3. The molecule has 0 bridgehead atoms. The molecule has 12 heteroatoms. The van der Waals surface area contributed by atoms with Gasteiger partial charge in [0.05, 0.1) is 0 Å². The zero-order valence-electron chi connectivity index (χ0n) is 13.8. The van der Waals surface area contributed by atoms with Gasteiger partial charge >= 0.3 is 158 Å². The van der Waals surface area contributed by atoms with Gasteiger partial charge in [-0.1, -0.05) is 0 Å². The number of fused-ring (bicyclic) bond motifs is 1. The summed E-state index contributed by atoms with van der Waals surface area (Å²) >= 11 is 1.23. The summed E-state index contributed by atoms with van der Waals surface area (Å²) in [5.74, 6) is -1.79. The summed E-state index contributed by atoms with van der Waals surface area (Å²) in [5.41, 5.74) is 6.45. The van der Waals surface area contributed by atoms with Crippen LogP contribution in [0.2, 0.25) is 0 Å². The van der Waals surface area contributed by atoms with Crippen molar-refractivity contribution in [2.75, 3.05) is 18.6 Å². The number of nitrogens with one attached hydrogen (secondary N) is 1. The Hall–Kier alpha value is -2.30. The molecule has 138 valence electrons. The van der Waals surface area contributed by atoms with Crippen LogP contribution in [0.15, 0.2) is 21.4 Å². The molecule has 2 amide bonds. The molecule has 1 aromatic heterocycles. The molecule has 4 N–H and O–H groups in total. The van der Waals surface area contributed by atoms with E-state index in [0.717, 1.165) is 0 Å². The zero-order valence-corrected chi connectivity index (χ0v) is 16.3. The first-order valence-corrected chi connectivity index (χ1v) is 10.3. The van der Waals surface area contributed by atoms with Crippen molar-refractivity contribution in [3.63, 3.8) is 0 Å². The average Bonchev–Trinajstić information content (AvgIpc) is 3.02. The van der Waals surface area contributed by atoms with E-state index in [-0.39, 0.29) is 25.9 Å². The van der Waals surface area contributed by atoms with Crippen LogP contribution < -0.4 is 11.1 Å². The number of carboxylic acids is 1. The Balaban J connectivity index is 1.78. The zero-order chi connectivity index (χ0) is 19.0. The van der Waals surface area contributed by atoms with Gasteiger partial charge in [0, 0.05) is 0 Å². The minimum atomic E-state index is -1.16. The van der Waals surface area contributed by atoms with E-state index in [2.05, 4.69) is 15.5 Å². The summed E-state index contributed by atoms with van der Waals surface area (Å²) in [4.78, 5) is 48.0. The van der Waals surface area contributed by atoms with E-state index in [0.29, 0.717) is 21.7 Å². The van der Waals surface area contributed by atoms with E-state index in [9.17, 15) is 19.5 Å². The van der Waals surface area contributed by atoms with E-state index in [1.165, 1.54) is 23.8 Å². The van der Waals surface area contributed by atoms with Gasteiger partial charge in [-0.25, -0.2) is 0 Å². The number of rotatable bonds is 5. The van der Waals surface area contributed by atoms with Gasteiger partial charge in [0.15, 0.2) is 0 Å². The normalized spacial score (nSPS) is 22.6. The molecule has 3 heterocycles. The molecular formula is C14H15N5O5SSe. The second kappa shape index (κ2) is 7.14. The Labute approximate surface area is 158 Å². The van der Waals surface area contributed by atoms with Crippen molar-refractivity contribution >= 4 is 54.5 Å². The molecule has 0 saturated carbocycles. The third-order valence-electron chi connectivity index (χ3n) is 3.81. The van der Waals surface area contributed by atoms with Crippen LogP contribution in [0.1, 0.15) is 12.6 Å². The summed E-state index contributed by atoms with van der Waals surface area (Å²) in [6, 6.07) is -0.842. The Morgan fingerprint density at radius 2 is 2.31 bits per heavy atom. The van der Waals surface area contributed by atoms with E-state index < -0.39 is 29.2 Å². The van der Waals surface area contributed by atoms with Crippen LogP contribution in [0.4, 0.5) is 4.69 Å². The molecule has 2 aliphatic rings. The summed E-state index contributed by atoms with van der Waals surface area (Å²) in [7, 11) is 1.29. The molecular weight excluding hydrogens is 429 g/mol. The van der Waals surface area contributed by atoms with Gasteiger partial charge in [-0.2, -0.15) is 0 Å². The fraction of sp³-hybridized carbons (Fsp3) is 0.357. The molecule has 1 fully saturated rings. The molecule has 1 saturated heterocycles. The van der Waals surface area contributed by atoms with Crippen molar-refractivity contribution in [2.45, 2.75) is 18.3 Å². The number of β-lactam (4-membered cyclic amide) rings is 1. The molecule has 1 aromatic rings. The van der Waals surface area contributed by atoms with E-state index in [1.807, 2.05) is 0 Å². The number of carbonyl (C=O) groups is 3. The number of aliphatic carboxylic acids is 1. The standard InChI is InChI=1S/C14H15N5O5SSe/c1-5-3-25-12-8(11(21)19(12)9(5)13(22)23)17-10(20)7(18-24-2)6-4-26-14(15)16-6/h4,8,12H,3H2,1-2H3,(H2,15,16)(H,17,20)(H,22,23)/t8-,12-/m1/s1. The molecule has 26 heavy (non-hydrogen) atoms. The maximum absolute atomic E-state index is 12.6. The Morgan fingerprint density at radius 1 is 1.58 bits per heavy atom. The van der Waals surface area contributed by atoms with Gasteiger partial charge in [0.2, 0.25) is 0 Å². The van der Waals surface area contributed by atoms with Crippen LogP contribution in [-0.2, 0) is 19.2 Å². The predicted molar refractivity (Wildman–Crippen MR) is 94.5 cm³/mol. The topological polar surface area (TPSA) is 147 Å². The third kappa shape index (κ3) is 3.11. The van der Waals surface area contributed by atoms with E-state index >= 15 is 0 Å². The number of amides is 2. The first-order valence-electron chi connectivity index (χ1n) is 7.36. The van der Waals surface area contributed by atoms with Crippen molar-refractivity contribution < 1.29 is 24.3 Å². The Kier molecular flexibility index (Phi) is 5.08. The summed E-state index contributed by atoms with van der Waals surface area (Å²) in [6.45, 7) is 1.67. The second-order valence-electron chi connectivity index (χ2n) is 5.49. The number of aromatic nitrogens is 1. The molecule has 3 rings (SSSR count). The number of hydrogen-bond acceptors (Lipinski definition) is 8. The van der Waals surface area contributed by atoms with Crippen LogP contribution in [0.25, 0.3) is 0 Å². The molecule has 0 unspecified atom stereocenters. The molecule has 10 nitrogen and oxygen atoms in total. The quantitative estimate of drug-likeness (QED) is 0.223. The van der Waals surface area contributed by atoms with Gasteiger partial charge in [0.25, 0.3) is 0 Å². The summed E-state index contributed by atoms with van der Waals surface area (Å²) < 4.78 is 0.407. The minimum absolute atomic E-state index is 0.0198. The number of oxime groups is 1. The van der Waals surface area contributed by atoms with Gasteiger partial charge in [-0.3, -0.25) is 0 Å². The van der Waals surface area contributed by atoms with Crippen LogP contribution in [0, 0.1) is 0 Å². The monoisotopic (exact) mass is 445 g/mol. The van der Waals surface area contributed by atoms with Crippen molar-refractivity contribution in [1.82, 2.24) is 15.2 Å². The molecule has 2 atom stereocenters. The van der Waals surface area contributed by atoms with Gasteiger partial charge < -0.3 is 0 Å². The number of carboxylic acid groups (broad SMARTS) is 1. The van der Waals surface area contributed by atoms with Crippen molar-refractivity contribution in [2.24, 2.45) is 5.16 Å². The fourth-order valence-corrected chi connectivity index (χ4v) is 5.12. The van der Waals surface area contributed by atoms with E-state index in [4.69, 9.17) is 10.6 Å². The molecule has 2 aliphatic heterocycles. The first-order chi connectivity index (χ1) is 12.3. The van der Waals surface area contributed by atoms with Crippen LogP contribution in [-0.4, -0.2) is 77.3 Å². The third-order valence-corrected chi connectivity index (χ3v) is 6.65. The van der Waals surface area contributed by atoms with Crippen molar-refractivity contribution in [1.29, 1.82) is 0 Å². The number of thioether (sulfide) groups is 1. The second-order valence-corrected chi connectivity index (χ2v) is 8.46. The number of nitrogens with two attached hydrogens (primary N) is 1. The fourth-order valence-electron chi connectivity index (χ4n) is 2.68. The number of nitrogen functional groups attached to an aromatic ring is 1. The van der Waals surface area contributed by atoms with Crippen LogP contribution in [0.5, 0.6) is 0 Å². The molecule has 0 spiro atoms. The Bertz CT molecular complexity index is 851. The number of carbonyl (C=O) groups excluding carboxylic acids is 2. The van der Waals surface area contributed by atoms with Crippen molar-refractivity contribution in [3.05, 3.63) is 21.9 Å². The van der Waals surface area contributed by atoms with Crippen LogP contribution >= 0.6 is 11.8 Å². The average molecular weight is 444 g/mol. The Morgan fingerprint density at radius 3 is 2.88 bits per heavy atom. The molecule has 0 aromatic carbocycles. The SMILES string of the molecule is CON=C(C(=O)N[C@@H]1C(=O)N2C(C(=O)O)=C(C)CS[C@H]12)c1c[se]c(N)n1. The van der Waals surface area contributed by atoms with Crippen LogP contribution in [0.3, 0.4) is 0 Å². The predicted octanol–water partition coefficient (Wildman–Crippen LogP) is -1.17. The summed E-state index contributed by atoms with van der Waals surface area (Å²) in [6.07, 6.45) is 0. The van der Waals surface area contributed by atoms with Crippen molar-refractivity contribution in [3.8, 4) is 0 Å². The van der Waals surface area contributed by atoms with E-state index in [1.54, 1.807) is 11.9 Å². The maximum atomic E-state index is 12.6. The molecule has 0 radical (unpaired) electrons. The van der Waals surface area contributed by atoms with Gasteiger partial charge in [-0.15, -0.1) is 0 Å². The number of nitrogens with zero attached hydrogens (tertiary/aromatic N) is 3. The molecule has 0 aliphatic carbocycles. The number of anilines is 1. The van der Waals surface area contributed by atoms with Gasteiger partial charge in [-0.05, 0) is 0 Å². The summed E-state index contributed by atoms with van der Waals surface area (Å²) in [5, 5.41) is 15.1.